The highest BCUT2D eigenvalue weighted by atomic mass is 35.5. The number of aromatic nitrogens is 2. The van der Waals surface area contributed by atoms with Crippen LogP contribution in [0.4, 0.5) is 13.2 Å². The Bertz CT molecular complexity index is 1210. The lowest BCUT2D eigenvalue weighted by Crippen LogP contribution is -2.50. The molecule has 0 bridgehead atoms. The molecule has 6 nitrogen and oxygen atoms in total. The fraction of sp³-hybridized carbons (Fsp3) is 0.261. The van der Waals surface area contributed by atoms with Crippen molar-refractivity contribution < 1.29 is 22.8 Å². The third-order valence-electron chi connectivity index (χ3n) is 5.55. The van der Waals surface area contributed by atoms with Crippen molar-refractivity contribution in [2.45, 2.75) is 13.5 Å². The summed E-state index contributed by atoms with van der Waals surface area (Å²) in [6.07, 6.45) is 0. The van der Waals surface area contributed by atoms with Gasteiger partial charge in [-0.25, -0.2) is 17.9 Å². The van der Waals surface area contributed by atoms with Crippen molar-refractivity contribution in [3.8, 4) is 0 Å². The van der Waals surface area contributed by atoms with Crippen molar-refractivity contribution in [1.82, 2.24) is 19.6 Å². The van der Waals surface area contributed by atoms with Gasteiger partial charge in [0.2, 0.25) is 0 Å². The van der Waals surface area contributed by atoms with E-state index in [0.717, 1.165) is 17.7 Å². The van der Waals surface area contributed by atoms with E-state index in [1.807, 2.05) is 0 Å². The van der Waals surface area contributed by atoms with Crippen molar-refractivity contribution in [2.75, 3.05) is 26.2 Å². The van der Waals surface area contributed by atoms with Crippen LogP contribution in [0.1, 0.15) is 32.0 Å². The zero-order chi connectivity index (χ0) is 23.7. The summed E-state index contributed by atoms with van der Waals surface area (Å²) >= 11 is 6.46. The van der Waals surface area contributed by atoms with Gasteiger partial charge in [-0.1, -0.05) is 23.7 Å². The molecule has 10 heteroatoms. The lowest BCUT2D eigenvalue weighted by Gasteiger charge is -2.34. The molecule has 1 saturated heterocycles. The van der Waals surface area contributed by atoms with Crippen LogP contribution in [0.5, 0.6) is 0 Å². The van der Waals surface area contributed by atoms with Crippen molar-refractivity contribution in [1.29, 1.82) is 0 Å². The number of aryl methyl sites for hydroxylation is 1. The first-order valence-electron chi connectivity index (χ1n) is 10.3. The van der Waals surface area contributed by atoms with Crippen LogP contribution in [-0.2, 0) is 6.54 Å². The summed E-state index contributed by atoms with van der Waals surface area (Å²) in [5, 5.41) is 4.54. The van der Waals surface area contributed by atoms with E-state index in [2.05, 4.69) is 5.10 Å². The Morgan fingerprint density at radius 1 is 0.909 bits per heavy atom. The summed E-state index contributed by atoms with van der Waals surface area (Å²) in [5.41, 5.74) is 1.57. The molecular formula is C23H20ClF3N4O2. The molecule has 172 valence electrons. The lowest BCUT2D eigenvalue weighted by atomic mass is 10.1. The van der Waals surface area contributed by atoms with Gasteiger partial charge < -0.3 is 9.80 Å². The first-order valence-corrected chi connectivity index (χ1v) is 10.6. The zero-order valence-electron chi connectivity index (χ0n) is 17.7. The van der Waals surface area contributed by atoms with Gasteiger partial charge in [-0.15, -0.1) is 0 Å². The predicted octanol–water partition coefficient (Wildman–Crippen LogP) is 3.91. The highest BCUT2D eigenvalue weighted by molar-refractivity contribution is 6.33. The molecule has 0 radical (unpaired) electrons. The normalized spacial score (nSPS) is 14.0. The van der Waals surface area contributed by atoms with Crippen molar-refractivity contribution in [3.05, 3.63) is 87.5 Å². The second kappa shape index (κ2) is 9.27. The average Bonchev–Trinajstić information content (AvgIpc) is 3.09. The SMILES string of the molecule is Cc1nn(Cc2ccc(F)cc2)c(Cl)c1C(=O)N1CCN(C(=O)c2ccc(F)c(F)c2)CC1. The minimum Gasteiger partial charge on any atom is -0.335 e. The number of rotatable bonds is 4. The fourth-order valence-electron chi connectivity index (χ4n) is 3.75. The standard InChI is InChI=1S/C23H20ClF3N4O2/c1-14-20(21(24)31(28-14)13-15-2-5-17(25)6-3-15)23(33)30-10-8-29(9-11-30)22(32)16-4-7-18(26)19(27)12-16/h2-7,12H,8-11,13H2,1H3. The Balaban J connectivity index is 1.43. The van der Waals surface area contributed by atoms with Crippen molar-refractivity contribution in [3.63, 3.8) is 0 Å². The molecule has 0 N–H and O–H groups in total. The smallest absolute Gasteiger partial charge is 0.259 e. The molecule has 0 unspecified atom stereocenters. The van der Waals surface area contributed by atoms with Crippen LogP contribution in [0.15, 0.2) is 42.5 Å². The quantitative estimate of drug-likeness (QED) is 0.573. The largest absolute Gasteiger partial charge is 0.335 e. The number of piperazine rings is 1. The molecule has 0 saturated carbocycles. The van der Waals surface area contributed by atoms with E-state index < -0.39 is 17.5 Å². The summed E-state index contributed by atoms with van der Waals surface area (Å²) < 4.78 is 41.2. The van der Waals surface area contributed by atoms with Crippen LogP contribution in [-0.4, -0.2) is 57.6 Å². The number of carbonyl (C=O) groups is 2. The maximum Gasteiger partial charge on any atom is 0.259 e. The maximum atomic E-state index is 13.5. The van der Waals surface area contributed by atoms with E-state index in [4.69, 9.17) is 11.6 Å². The molecule has 2 amide bonds. The van der Waals surface area contributed by atoms with E-state index in [1.165, 1.54) is 27.8 Å². The first kappa shape index (κ1) is 22.8. The van der Waals surface area contributed by atoms with Gasteiger partial charge >= 0.3 is 0 Å². The second-order valence-corrected chi connectivity index (χ2v) is 8.11. The van der Waals surface area contributed by atoms with Gasteiger partial charge in [0.1, 0.15) is 11.0 Å². The van der Waals surface area contributed by atoms with E-state index >= 15 is 0 Å². The Hall–Kier alpha value is -3.33. The van der Waals surface area contributed by atoms with E-state index in [9.17, 15) is 22.8 Å². The molecule has 0 aliphatic carbocycles. The Morgan fingerprint density at radius 2 is 1.52 bits per heavy atom. The van der Waals surface area contributed by atoms with Crippen LogP contribution >= 0.6 is 11.6 Å². The van der Waals surface area contributed by atoms with Crippen LogP contribution in [0.25, 0.3) is 0 Å². The van der Waals surface area contributed by atoms with Gasteiger partial charge in [-0.3, -0.25) is 9.59 Å². The third-order valence-corrected chi connectivity index (χ3v) is 5.93. The Morgan fingerprint density at radius 3 is 2.12 bits per heavy atom. The Labute approximate surface area is 193 Å². The van der Waals surface area contributed by atoms with E-state index in [0.29, 0.717) is 5.69 Å². The molecule has 1 fully saturated rings. The lowest BCUT2D eigenvalue weighted by molar-refractivity contribution is 0.0534. The molecular weight excluding hydrogens is 457 g/mol. The molecule has 2 heterocycles. The molecule has 4 rings (SSSR count). The summed E-state index contributed by atoms with van der Waals surface area (Å²) in [4.78, 5) is 28.8. The molecule has 33 heavy (non-hydrogen) atoms. The Kier molecular flexibility index (Phi) is 6.42. The van der Waals surface area contributed by atoms with Crippen LogP contribution in [0.3, 0.4) is 0 Å². The predicted molar refractivity (Wildman–Crippen MR) is 116 cm³/mol. The maximum absolute atomic E-state index is 13.5. The van der Waals surface area contributed by atoms with Crippen LogP contribution < -0.4 is 0 Å². The topological polar surface area (TPSA) is 58.4 Å². The monoisotopic (exact) mass is 476 g/mol. The number of amides is 2. The van der Waals surface area contributed by atoms with Gasteiger partial charge in [0, 0.05) is 31.7 Å². The minimum absolute atomic E-state index is 0.0506. The van der Waals surface area contributed by atoms with Crippen LogP contribution in [0, 0.1) is 24.4 Å². The van der Waals surface area contributed by atoms with Gasteiger partial charge in [-0.05, 0) is 42.8 Å². The highest BCUT2D eigenvalue weighted by Gasteiger charge is 2.29. The second-order valence-electron chi connectivity index (χ2n) is 7.75. The van der Waals surface area contributed by atoms with E-state index in [1.54, 1.807) is 24.0 Å². The zero-order valence-corrected chi connectivity index (χ0v) is 18.5. The van der Waals surface area contributed by atoms with Gasteiger partial charge in [0.25, 0.3) is 11.8 Å². The van der Waals surface area contributed by atoms with Crippen molar-refractivity contribution in [2.24, 2.45) is 0 Å². The molecule has 2 aromatic carbocycles. The highest BCUT2D eigenvalue weighted by Crippen LogP contribution is 2.24. The summed E-state index contributed by atoms with van der Waals surface area (Å²) in [6, 6.07) is 8.93. The average molecular weight is 477 g/mol. The minimum atomic E-state index is -1.09. The molecule has 3 aromatic rings. The summed E-state index contributed by atoms with van der Waals surface area (Å²) in [5.74, 6) is -3.18. The fourth-order valence-corrected chi connectivity index (χ4v) is 4.06. The third kappa shape index (κ3) is 4.73. The summed E-state index contributed by atoms with van der Waals surface area (Å²) in [6.45, 7) is 2.96. The number of halogens is 4. The molecule has 0 atom stereocenters. The number of carbonyl (C=O) groups excluding carboxylic acids is 2. The molecule has 1 aliphatic heterocycles. The number of hydrogen-bond acceptors (Lipinski definition) is 3. The van der Waals surface area contributed by atoms with Crippen molar-refractivity contribution >= 4 is 23.4 Å². The molecule has 1 aromatic heterocycles. The molecule has 0 spiro atoms. The van der Waals surface area contributed by atoms with Crippen LogP contribution in [0.2, 0.25) is 5.15 Å². The first-order chi connectivity index (χ1) is 15.7. The molecule has 1 aliphatic rings. The number of nitrogens with zero attached hydrogens (tertiary/aromatic N) is 4. The van der Waals surface area contributed by atoms with E-state index in [-0.39, 0.29) is 60.7 Å². The van der Waals surface area contributed by atoms with Gasteiger partial charge in [0.05, 0.1) is 17.8 Å². The number of hydrogen-bond donors (Lipinski definition) is 0. The van der Waals surface area contributed by atoms with Gasteiger partial charge in [0.15, 0.2) is 11.6 Å². The summed E-state index contributed by atoms with van der Waals surface area (Å²) in [7, 11) is 0. The van der Waals surface area contributed by atoms with Gasteiger partial charge in [-0.2, -0.15) is 5.10 Å². The number of benzene rings is 2.